The summed E-state index contributed by atoms with van der Waals surface area (Å²) in [7, 11) is 0. The predicted octanol–water partition coefficient (Wildman–Crippen LogP) is 2.89. The molecule has 1 fully saturated rings. The molecule has 0 saturated carbocycles. The van der Waals surface area contributed by atoms with Crippen LogP contribution in [0.15, 0.2) is 18.2 Å². The summed E-state index contributed by atoms with van der Waals surface area (Å²) in [5, 5.41) is 0. The maximum atomic E-state index is 12.2. The molecule has 0 atom stereocenters. The van der Waals surface area contributed by atoms with Crippen LogP contribution in [0.3, 0.4) is 0 Å². The van der Waals surface area contributed by atoms with Crippen LogP contribution in [0.1, 0.15) is 47.2 Å². The van der Waals surface area contributed by atoms with Crippen molar-refractivity contribution in [3.8, 4) is 0 Å². The summed E-state index contributed by atoms with van der Waals surface area (Å²) in [4.78, 5) is 25.8. The van der Waals surface area contributed by atoms with Gasteiger partial charge in [-0.1, -0.05) is 18.6 Å². The van der Waals surface area contributed by atoms with Crippen LogP contribution in [0.5, 0.6) is 0 Å². The van der Waals surface area contributed by atoms with Gasteiger partial charge in [0.2, 0.25) is 5.91 Å². The summed E-state index contributed by atoms with van der Waals surface area (Å²) in [6.45, 7) is 4.97. The summed E-state index contributed by atoms with van der Waals surface area (Å²) < 4.78 is 0. The van der Waals surface area contributed by atoms with Gasteiger partial charge in [0.15, 0.2) is 5.78 Å². The molecule has 2 rings (SSSR count). The van der Waals surface area contributed by atoms with Gasteiger partial charge in [-0.05, 0) is 43.9 Å². The third-order valence-corrected chi connectivity index (χ3v) is 3.83. The van der Waals surface area contributed by atoms with E-state index in [0.29, 0.717) is 12.0 Å². The highest BCUT2D eigenvalue weighted by Gasteiger charge is 2.19. The minimum atomic E-state index is 0.0401. The Hall–Kier alpha value is -1.64. The van der Waals surface area contributed by atoms with E-state index in [0.717, 1.165) is 31.4 Å². The molecule has 3 heteroatoms. The Balaban J connectivity index is 2.07. The Morgan fingerprint density at radius 2 is 1.95 bits per heavy atom. The van der Waals surface area contributed by atoms with E-state index >= 15 is 0 Å². The summed E-state index contributed by atoms with van der Waals surface area (Å²) in [5.41, 5.74) is 3.01. The number of carbonyl (C=O) groups excluding carboxylic acids is 2. The van der Waals surface area contributed by atoms with Crippen molar-refractivity contribution in [1.82, 2.24) is 4.90 Å². The van der Waals surface area contributed by atoms with Crippen LogP contribution in [0, 0.1) is 13.8 Å². The number of hydrogen-bond donors (Lipinski definition) is 0. The van der Waals surface area contributed by atoms with Crippen LogP contribution in [0.25, 0.3) is 0 Å². The maximum Gasteiger partial charge on any atom is 0.222 e. The van der Waals surface area contributed by atoms with E-state index in [1.54, 1.807) is 4.90 Å². The second kappa shape index (κ2) is 6.00. The summed E-state index contributed by atoms with van der Waals surface area (Å²) >= 11 is 0. The second-order valence-electron chi connectivity index (χ2n) is 5.35. The molecule has 0 N–H and O–H groups in total. The minimum absolute atomic E-state index is 0.0401. The first-order valence-corrected chi connectivity index (χ1v) is 6.96. The zero-order valence-electron chi connectivity index (χ0n) is 11.7. The molecule has 0 unspecified atom stereocenters. The Kier molecular flexibility index (Phi) is 4.35. The number of Topliss-reactive ketones (excluding diaryl/α,β-unsaturated/α-hetero) is 1. The lowest BCUT2D eigenvalue weighted by atomic mass is 10.0. The SMILES string of the molecule is Cc1ccc(C(=O)CN2CCCCCC2=O)cc1C. The standard InChI is InChI=1S/C16H21NO2/c1-12-7-8-14(10-13(12)2)15(18)11-17-9-5-3-4-6-16(17)19/h7-8,10H,3-6,9,11H2,1-2H3. The van der Waals surface area contributed by atoms with Crippen molar-refractivity contribution in [2.45, 2.75) is 39.5 Å². The van der Waals surface area contributed by atoms with Crippen LogP contribution in [0.4, 0.5) is 0 Å². The van der Waals surface area contributed by atoms with Crippen LogP contribution in [-0.2, 0) is 4.79 Å². The first-order chi connectivity index (χ1) is 9.08. The number of nitrogens with zero attached hydrogens (tertiary/aromatic N) is 1. The average molecular weight is 259 g/mol. The first kappa shape index (κ1) is 13.8. The van der Waals surface area contributed by atoms with E-state index in [1.165, 1.54) is 5.56 Å². The molecule has 102 valence electrons. The minimum Gasteiger partial charge on any atom is -0.335 e. The lowest BCUT2D eigenvalue weighted by Gasteiger charge is -2.19. The second-order valence-corrected chi connectivity index (χ2v) is 5.35. The third kappa shape index (κ3) is 3.43. The smallest absolute Gasteiger partial charge is 0.222 e. The van der Waals surface area contributed by atoms with E-state index in [-0.39, 0.29) is 18.2 Å². The van der Waals surface area contributed by atoms with Crippen LogP contribution in [0.2, 0.25) is 0 Å². The van der Waals surface area contributed by atoms with E-state index < -0.39 is 0 Å². The lowest BCUT2D eigenvalue weighted by Crippen LogP contribution is -2.35. The first-order valence-electron chi connectivity index (χ1n) is 6.96. The molecule has 0 spiro atoms. The molecule has 3 nitrogen and oxygen atoms in total. The Bertz CT molecular complexity index is 494. The predicted molar refractivity (Wildman–Crippen MR) is 75.3 cm³/mol. The van der Waals surface area contributed by atoms with Crippen molar-refractivity contribution in [3.05, 3.63) is 34.9 Å². The van der Waals surface area contributed by atoms with Crippen molar-refractivity contribution in [3.63, 3.8) is 0 Å². The molecule has 0 aromatic heterocycles. The highest BCUT2D eigenvalue weighted by atomic mass is 16.2. The van der Waals surface area contributed by atoms with Gasteiger partial charge < -0.3 is 4.90 Å². The van der Waals surface area contributed by atoms with Gasteiger partial charge in [0.25, 0.3) is 0 Å². The number of hydrogen-bond acceptors (Lipinski definition) is 2. The van der Waals surface area contributed by atoms with Gasteiger partial charge in [-0.3, -0.25) is 9.59 Å². The van der Waals surface area contributed by atoms with Gasteiger partial charge in [-0.2, -0.15) is 0 Å². The van der Waals surface area contributed by atoms with Gasteiger partial charge in [0.1, 0.15) is 0 Å². The Morgan fingerprint density at radius 1 is 1.16 bits per heavy atom. The van der Waals surface area contributed by atoms with Crippen molar-refractivity contribution >= 4 is 11.7 Å². The number of rotatable bonds is 3. The molecule has 1 saturated heterocycles. The number of ketones is 1. The zero-order chi connectivity index (χ0) is 13.8. The third-order valence-electron chi connectivity index (χ3n) is 3.83. The molecule has 1 heterocycles. The van der Waals surface area contributed by atoms with Gasteiger partial charge in [-0.25, -0.2) is 0 Å². The number of benzene rings is 1. The van der Waals surface area contributed by atoms with Gasteiger partial charge in [0, 0.05) is 18.5 Å². The topological polar surface area (TPSA) is 37.4 Å². The quantitative estimate of drug-likeness (QED) is 0.783. The van der Waals surface area contributed by atoms with Gasteiger partial charge in [0.05, 0.1) is 6.54 Å². The Morgan fingerprint density at radius 3 is 2.68 bits per heavy atom. The zero-order valence-corrected chi connectivity index (χ0v) is 11.7. The monoisotopic (exact) mass is 259 g/mol. The largest absolute Gasteiger partial charge is 0.335 e. The number of amides is 1. The van der Waals surface area contributed by atoms with Crippen LogP contribution >= 0.6 is 0 Å². The fraction of sp³-hybridized carbons (Fsp3) is 0.500. The summed E-state index contributed by atoms with van der Waals surface area (Å²) in [5.74, 6) is 0.160. The van der Waals surface area contributed by atoms with Crippen LogP contribution in [-0.4, -0.2) is 29.7 Å². The van der Waals surface area contributed by atoms with E-state index in [9.17, 15) is 9.59 Å². The molecule has 1 aromatic carbocycles. The van der Waals surface area contributed by atoms with Crippen molar-refractivity contribution in [2.24, 2.45) is 0 Å². The number of carbonyl (C=O) groups is 2. The molecule has 19 heavy (non-hydrogen) atoms. The van der Waals surface area contributed by atoms with Gasteiger partial charge in [-0.15, -0.1) is 0 Å². The van der Waals surface area contributed by atoms with Crippen LogP contribution < -0.4 is 0 Å². The molecule has 0 aliphatic carbocycles. The summed E-state index contributed by atoms with van der Waals surface area (Å²) in [6.07, 6.45) is 3.62. The molecule has 1 aliphatic rings. The fourth-order valence-electron chi connectivity index (χ4n) is 2.39. The molecule has 0 bridgehead atoms. The molecular formula is C16H21NO2. The maximum absolute atomic E-state index is 12.2. The van der Waals surface area contributed by atoms with Crippen molar-refractivity contribution in [1.29, 1.82) is 0 Å². The average Bonchev–Trinajstić information content (AvgIpc) is 2.58. The van der Waals surface area contributed by atoms with Crippen molar-refractivity contribution in [2.75, 3.05) is 13.1 Å². The van der Waals surface area contributed by atoms with E-state index in [4.69, 9.17) is 0 Å². The molecule has 1 amide bonds. The molecular weight excluding hydrogens is 238 g/mol. The number of likely N-dealkylation sites (tertiary alicyclic amines) is 1. The van der Waals surface area contributed by atoms with E-state index in [2.05, 4.69) is 0 Å². The highest BCUT2D eigenvalue weighted by Crippen LogP contribution is 2.14. The summed E-state index contributed by atoms with van der Waals surface area (Å²) in [6, 6.07) is 5.74. The molecule has 1 aromatic rings. The lowest BCUT2D eigenvalue weighted by molar-refractivity contribution is -0.130. The normalized spacial score (nSPS) is 16.3. The molecule has 0 radical (unpaired) electrons. The van der Waals surface area contributed by atoms with Crippen molar-refractivity contribution < 1.29 is 9.59 Å². The van der Waals surface area contributed by atoms with Gasteiger partial charge >= 0.3 is 0 Å². The molecule has 1 aliphatic heterocycles. The fourth-order valence-corrected chi connectivity index (χ4v) is 2.39. The number of aryl methyl sites for hydroxylation is 2. The highest BCUT2D eigenvalue weighted by molar-refractivity contribution is 5.99. The van der Waals surface area contributed by atoms with E-state index in [1.807, 2.05) is 32.0 Å². The Labute approximate surface area is 114 Å².